The number of ether oxygens (including phenoxy) is 1. The van der Waals surface area contributed by atoms with Crippen LogP contribution in [0, 0.1) is 11.6 Å². The van der Waals surface area contributed by atoms with E-state index in [1.807, 2.05) is 5.32 Å². The van der Waals surface area contributed by atoms with Crippen molar-refractivity contribution in [2.24, 2.45) is 0 Å². The number of nitrogens with one attached hydrogen (secondary N) is 3. The predicted octanol–water partition coefficient (Wildman–Crippen LogP) is 1.77. The van der Waals surface area contributed by atoms with Crippen LogP contribution in [0.3, 0.4) is 0 Å². The van der Waals surface area contributed by atoms with Crippen molar-refractivity contribution in [1.29, 1.82) is 0 Å². The maximum atomic E-state index is 13.3. The van der Waals surface area contributed by atoms with Gasteiger partial charge < -0.3 is 10.1 Å². The first-order valence-corrected chi connectivity index (χ1v) is 9.83. The summed E-state index contributed by atoms with van der Waals surface area (Å²) in [6.45, 7) is 1.24. The minimum Gasteiger partial charge on any atom is -0.449 e. The first-order valence-electron chi connectivity index (χ1n) is 8.35. The van der Waals surface area contributed by atoms with Crippen molar-refractivity contribution < 1.29 is 36.3 Å². The molecule has 0 aliphatic heterocycles. The molecule has 0 saturated heterocycles. The number of benzene rings is 2. The lowest BCUT2D eigenvalue weighted by atomic mass is 10.2. The Morgan fingerprint density at radius 1 is 1.03 bits per heavy atom. The molecule has 0 aromatic heterocycles. The molecule has 0 heterocycles. The van der Waals surface area contributed by atoms with Crippen molar-refractivity contribution in [3.8, 4) is 0 Å². The van der Waals surface area contributed by atoms with Crippen LogP contribution < -0.4 is 15.4 Å². The third kappa shape index (κ3) is 5.73. The molecule has 0 radical (unpaired) electrons. The molecule has 2 aromatic carbocycles. The van der Waals surface area contributed by atoms with Crippen molar-refractivity contribution in [2.45, 2.75) is 17.9 Å². The van der Waals surface area contributed by atoms with E-state index in [4.69, 9.17) is 4.74 Å². The van der Waals surface area contributed by atoms with Crippen LogP contribution in [0.25, 0.3) is 0 Å². The maximum absolute atomic E-state index is 13.3. The Morgan fingerprint density at radius 3 is 2.37 bits per heavy atom. The molecule has 2 aromatic rings. The summed E-state index contributed by atoms with van der Waals surface area (Å²) in [4.78, 5) is 34.6. The number of halogens is 2. The number of hydrogen-bond donors (Lipinski definition) is 3. The number of urea groups is 1. The van der Waals surface area contributed by atoms with Crippen molar-refractivity contribution in [1.82, 2.24) is 10.6 Å². The SMILES string of the molecule is CNC(=O)NC(=O)C(C)OC(=O)c1cccc(NS(=O)(=O)c2ccc(F)c(F)c2)c1. The Morgan fingerprint density at radius 2 is 1.73 bits per heavy atom. The summed E-state index contributed by atoms with van der Waals surface area (Å²) in [6, 6.07) is 6.38. The first kappa shape index (κ1) is 22.7. The first-order chi connectivity index (χ1) is 14.0. The van der Waals surface area contributed by atoms with Gasteiger partial charge in [-0.25, -0.2) is 26.8 Å². The smallest absolute Gasteiger partial charge is 0.338 e. The number of hydrogen-bond acceptors (Lipinski definition) is 6. The molecular formula is C18H17F2N3O6S. The van der Waals surface area contributed by atoms with Crippen LogP contribution >= 0.6 is 0 Å². The fourth-order valence-corrected chi connectivity index (χ4v) is 3.19. The summed E-state index contributed by atoms with van der Waals surface area (Å²) in [5.41, 5.74) is -0.156. The van der Waals surface area contributed by atoms with Crippen LogP contribution in [0.15, 0.2) is 47.4 Å². The van der Waals surface area contributed by atoms with Gasteiger partial charge >= 0.3 is 12.0 Å². The number of esters is 1. The monoisotopic (exact) mass is 441 g/mol. The van der Waals surface area contributed by atoms with Crippen molar-refractivity contribution in [2.75, 3.05) is 11.8 Å². The minimum absolute atomic E-state index is 0.0587. The number of amides is 3. The van der Waals surface area contributed by atoms with Gasteiger partial charge in [-0.3, -0.25) is 14.8 Å². The number of carbonyl (C=O) groups excluding carboxylic acids is 3. The molecule has 12 heteroatoms. The highest BCUT2D eigenvalue weighted by molar-refractivity contribution is 7.92. The number of rotatable bonds is 6. The molecule has 0 aliphatic rings. The zero-order valence-corrected chi connectivity index (χ0v) is 16.5. The molecule has 0 saturated carbocycles. The Balaban J connectivity index is 2.13. The summed E-state index contributed by atoms with van der Waals surface area (Å²) >= 11 is 0. The fraction of sp³-hybridized carbons (Fsp3) is 0.167. The molecule has 3 amide bonds. The van der Waals surface area contributed by atoms with Gasteiger partial charge in [0.05, 0.1) is 10.5 Å². The number of imide groups is 1. The van der Waals surface area contributed by atoms with Crippen LogP contribution in [-0.2, 0) is 19.6 Å². The second kappa shape index (κ2) is 9.31. The molecular weight excluding hydrogens is 424 g/mol. The quantitative estimate of drug-likeness (QED) is 0.586. The van der Waals surface area contributed by atoms with Crippen molar-refractivity contribution in [3.63, 3.8) is 0 Å². The summed E-state index contributed by atoms with van der Waals surface area (Å²) in [5, 5.41) is 4.10. The van der Waals surface area contributed by atoms with E-state index < -0.39 is 50.6 Å². The van der Waals surface area contributed by atoms with Crippen LogP contribution in [-0.4, -0.2) is 39.5 Å². The fourth-order valence-electron chi connectivity index (χ4n) is 2.13. The highest BCUT2D eigenvalue weighted by atomic mass is 32.2. The highest BCUT2D eigenvalue weighted by Gasteiger charge is 2.21. The van der Waals surface area contributed by atoms with Gasteiger partial charge in [-0.15, -0.1) is 0 Å². The Labute approximate surface area is 170 Å². The number of carbonyl (C=O) groups is 3. The zero-order valence-electron chi connectivity index (χ0n) is 15.7. The molecule has 3 N–H and O–H groups in total. The number of anilines is 1. The highest BCUT2D eigenvalue weighted by Crippen LogP contribution is 2.19. The molecule has 0 aliphatic carbocycles. The Bertz CT molecular complexity index is 1090. The lowest BCUT2D eigenvalue weighted by Crippen LogP contribution is -2.43. The lowest BCUT2D eigenvalue weighted by Gasteiger charge is -2.13. The Hall–Kier alpha value is -3.54. The standard InChI is InChI=1S/C18H17F2N3O6S/c1-10(16(24)22-18(26)21-2)29-17(25)11-4-3-5-12(8-11)23-30(27,28)13-6-7-14(19)15(20)9-13/h3-10,23H,1-2H3,(H2,21,22,24,26). The summed E-state index contributed by atoms with van der Waals surface area (Å²) in [6.07, 6.45) is -1.31. The van der Waals surface area contributed by atoms with Crippen LogP contribution in [0.2, 0.25) is 0 Å². The van der Waals surface area contributed by atoms with E-state index in [-0.39, 0.29) is 11.3 Å². The molecule has 0 spiro atoms. The average molecular weight is 441 g/mol. The topological polar surface area (TPSA) is 131 Å². The van der Waals surface area contributed by atoms with Crippen LogP contribution in [0.1, 0.15) is 17.3 Å². The minimum atomic E-state index is -4.27. The number of sulfonamides is 1. The third-order valence-corrected chi connectivity index (χ3v) is 5.05. The maximum Gasteiger partial charge on any atom is 0.338 e. The Kier molecular flexibility index (Phi) is 7.06. The summed E-state index contributed by atoms with van der Waals surface area (Å²) < 4.78 is 58.1. The third-order valence-electron chi connectivity index (χ3n) is 3.67. The van der Waals surface area contributed by atoms with Crippen LogP contribution in [0.4, 0.5) is 19.3 Å². The van der Waals surface area contributed by atoms with Crippen molar-refractivity contribution >= 4 is 33.6 Å². The van der Waals surface area contributed by atoms with E-state index in [1.165, 1.54) is 32.2 Å². The van der Waals surface area contributed by atoms with Gasteiger partial charge in [0.25, 0.3) is 15.9 Å². The molecule has 9 nitrogen and oxygen atoms in total. The van der Waals surface area contributed by atoms with E-state index in [1.54, 1.807) is 0 Å². The lowest BCUT2D eigenvalue weighted by molar-refractivity contribution is -0.127. The predicted molar refractivity (Wildman–Crippen MR) is 101 cm³/mol. The molecule has 0 bridgehead atoms. The van der Waals surface area contributed by atoms with Crippen LogP contribution in [0.5, 0.6) is 0 Å². The van der Waals surface area contributed by atoms with E-state index in [2.05, 4.69) is 10.0 Å². The van der Waals surface area contributed by atoms with E-state index in [0.717, 1.165) is 12.1 Å². The van der Waals surface area contributed by atoms with Gasteiger partial charge in [0.2, 0.25) is 0 Å². The van der Waals surface area contributed by atoms with Crippen molar-refractivity contribution in [3.05, 3.63) is 59.7 Å². The second-order valence-corrected chi connectivity index (χ2v) is 7.56. The largest absolute Gasteiger partial charge is 0.449 e. The zero-order chi connectivity index (χ0) is 22.5. The molecule has 0 fully saturated rings. The van der Waals surface area contributed by atoms with Gasteiger partial charge in [0, 0.05) is 12.7 Å². The van der Waals surface area contributed by atoms with Gasteiger partial charge in [-0.05, 0) is 43.3 Å². The second-order valence-electron chi connectivity index (χ2n) is 5.88. The van der Waals surface area contributed by atoms with Gasteiger partial charge in [-0.1, -0.05) is 6.07 Å². The molecule has 2 rings (SSSR count). The van der Waals surface area contributed by atoms with Gasteiger partial charge in [-0.2, -0.15) is 0 Å². The molecule has 1 unspecified atom stereocenters. The van der Waals surface area contributed by atoms with E-state index in [0.29, 0.717) is 12.1 Å². The van der Waals surface area contributed by atoms with Gasteiger partial charge in [0.15, 0.2) is 17.7 Å². The normalized spacial score (nSPS) is 11.9. The molecule has 30 heavy (non-hydrogen) atoms. The molecule has 160 valence electrons. The average Bonchev–Trinajstić information content (AvgIpc) is 2.69. The van der Waals surface area contributed by atoms with E-state index in [9.17, 15) is 31.6 Å². The molecule has 1 atom stereocenters. The van der Waals surface area contributed by atoms with Gasteiger partial charge in [0.1, 0.15) is 0 Å². The summed E-state index contributed by atoms with van der Waals surface area (Å²) in [7, 11) is -2.97. The summed E-state index contributed by atoms with van der Waals surface area (Å²) in [5.74, 6) is -4.35. The van der Waals surface area contributed by atoms with E-state index >= 15 is 0 Å².